The van der Waals surface area contributed by atoms with Crippen LogP contribution >= 0.6 is 15.9 Å². The highest BCUT2D eigenvalue weighted by Gasteiger charge is 2.12. The van der Waals surface area contributed by atoms with E-state index in [1.165, 1.54) is 12.1 Å². The molecule has 1 N–H and O–H groups in total. The maximum Gasteiger partial charge on any atom is 0.128 e. The zero-order chi connectivity index (χ0) is 11.5. The molecule has 0 amide bonds. The lowest BCUT2D eigenvalue weighted by molar-refractivity contribution is 0.0553. The molecule has 0 bridgehead atoms. The van der Waals surface area contributed by atoms with Crippen molar-refractivity contribution in [3.05, 3.63) is 28.5 Å². The SMILES string of the molecule is CC(C)(O)CCOc1cc(F)cc(Br)c1. The fourth-order valence-electron chi connectivity index (χ4n) is 1.03. The van der Waals surface area contributed by atoms with Crippen LogP contribution in [0.4, 0.5) is 4.39 Å². The third kappa shape index (κ3) is 5.14. The second-order valence-corrected chi connectivity index (χ2v) is 4.93. The summed E-state index contributed by atoms with van der Waals surface area (Å²) >= 11 is 3.17. The molecule has 1 aromatic rings. The van der Waals surface area contributed by atoms with Gasteiger partial charge in [-0.3, -0.25) is 0 Å². The summed E-state index contributed by atoms with van der Waals surface area (Å²) in [6.07, 6.45) is 0.501. The van der Waals surface area contributed by atoms with E-state index in [-0.39, 0.29) is 5.82 Å². The minimum Gasteiger partial charge on any atom is -0.493 e. The molecule has 0 fully saturated rings. The zero-order valence-electron chi connectivity index (χ0n) is 8.76. The Kier molecular flexibility index (Phi) is 4.11. The molecule has 0 unspecified atom stereocenters. The molecule has 0 aliphatic rings. The first kappa shape index (κ1) is 12.5. The van der Waals surface area contributed by atoms with Crippen LogP contribution in [0.5, 0.6) is 5.75 Å². The van der Waals surface area contributed by atoms with Crippen molar-refractivity contribution in [2.24, 2.45) is 0 Å². The molecule has 0 saturated heterocycles. The van der Waals surface area contributed by atoms with Gasteiger partial charge in [-0.15, -0.1) is 0 Å². The van der Waals surface area contributed by atoms with Gasteiger partial charge in [0.1, 0.15) is 11.6 Å². The first-order valence-corrected chi connectivity index (χ1v) is 5.47. The Labute approximate surface area is 97.2 Å². The minimum atomic E-state index is -0.759. The molecular weight excluding hydrogens is 263 g/mol. The average Bonchev–Trinajstić information content (AvgIpc) is 1.99. The number of benzene rings is 1. The number of aliphatic hydroxyl groups is 1. The summed E-state index contributed by atoms with van der Waals surface area (Å²) in [5.74, 6) is 0.119. The highest BCUT2D eigenvalue weighted by Crippen LogP contribution is 2.21. The summed E-state index contributed by atoms with van der Waals surface area (Å²) in [6, 6.07) is 4.37. The van der Waals surface area contributed by atoms with E-state index in [4.69, 9.17) is 4.74 Å². The van der Waals surface area contributed by atoms with Gasteiger partial charge in [0.2, 0.25) is 0 Å². The van der Waals surface area contributed by atoms with Crippen LogP contribution in [0.25, 0.3) is 0 Å². The summed E-state index contributed by atoms with van der Waals surface area (Å²) in [6.45, 7) is 3.77. The topological polar surface area (TPSA) is 29.5 Å². The number of hydrogen-bond acceptors (Lipinski definition) is 2. The summed E-state index contributed by atoms with van der Waals surface area (Å²) in [7, 11) is 0. The van der Waals surface area contributed by atoms with Gasteiger partial charge in [-0.05, 0) is 26.0 Å². The largest absolute Gasteiger partial charge is 0.493 e. The second kappa shape index (κ2) is 4.94. The Morgan fingerprint density at radius 1 is 1.40 bits per heavy atom. The van der Waals surface area contributed by atoms with Crippen molar-refractivity contribution in [1.82, 2.24) is 0 Å². The average molecular weight is 277 g/mol. The molecule has 15 heavy (non-hydrogen) atoms. The third-order valence-corrected chi connectivity index (χ3v) is 2.28. The zero-order valence-corrected chi connectivity index (χ0v) is 10.3. The van der Waals surface area contributed by atoms with Crippen molar-refractivity contribution < 1.29 is 14.2 Å². The van der Waals surface area contributed by atoms with Gasteiger partial charge in [0.15, 0.2) is 0 Å². The molecule has 4 heteroatoms. The maximum absolute atomic E-state index is 12.9. The number of ether oxygens (including phenoxy) is 1. The molecule has 0 saturated carbocycles. The van der Waals surface area contributed by atoms with E-state index in [9.17, 15) is 9.50 Å². The molecule has 0 aliphatic heterocycles. The molecule has 0 aromatic heterocycles. The lowest BCUT2D eigenvalue weighted by Crippen LogP contribution is -2.21. The second-order valence-electron chi connectivity index (χ2n) is 4.02. The lowest BCUT2D eigenvalue weighted by Gasteiger charge is -2.17. The summed E-state index contributed by atoms with van der Waals surface area (Å²) < 4.78 is 18.9. The van der Waals surface area contributed by atoms with E-state index in [0.29, 0.717) is 23.2 Å². The van der Waals surface area contributed by atoms with Crippen LogP contribution < -0.4 is 4.74 Å². The molecule has 84 valence electrons. The Morgan fingerprint density at radius 2 is 2.07 bits per heavy atom. The van der Waals surface area contributed by atoms with Gasteiger partial charge in [0.25, 0.3) is 0 Å². The normalized spacial score (nSPS) is 11.5. The molecule has 0 aliphatic carbocycles. The summed E-state index contributed by atoms with van der Waals surface area (Å²) in [5, 5.41) is 9.44. The monoisotopic (exact) mass is 276 g/mol. The first-order chi connectivity index (χ1) is 6.87. The molecule has 0 heterocycles. The highest BCUT2D eigenvalue weighted by molar-refractivity contribution is 9.10. The van der Waals surface area contributed by atoms with Crippen molar-refractivity contribution in [3.8, 4) is 5.75 Å². The lowest BCUT2D eigenvalue weighted by atomic mass is 10.1. The van der Waals surface area contributed by atoms with Crippen molar-refractivity contribution in [2.45, 2.75) is 25.9 Å². The van der Waals surface area contributed by atoms with Gasteiger partial charge in [0.05, 0.1) is 12.2 Å². The van der Waals surface area contributed by atoms with Crippen molar-refractivity contribution in [2.75, 3.05) is 6.61 Å². The number of hydrogen-bond donors (Lipinski definition) is 1. The van der Waals surface area contributed by atoms with Crippen molar-refractivity contribution in [3.63, 3.8) is 0 Å². The van der Waals surface area contributed by atoms with Gasteiger partial charge in [0, 0.05) is 17.0 Å². The van der Waals surface area contributed by atoms with Crippen LogP contribution in [0, 0.1) is 5.82 Å². The van der Waals surface area contributed by atoms with Gasteiger partial charge in [-0.2, -0.15) is 0 Å². The molecule has 0 spiro atoms. The van der Waals surface area contributed by atoms with Gasteiger partial charge in [-0.1, -0.05) is 15.9 Å². The van der Waals surface area contributed by atoms with E-state index in [1.54, 1.807) is 19.9 Å². The van der Waals surface area contributed by atoms with Crippen molar-refractivity contribution >= 4 is 15.9 Å². The molecule has 1 aromatic carbocycles. The molecule has 0 atom stereocenters. The van der Waals surface area contributed by atoms with Crippen LogP contribution in [0.1, 0.15) is 20.3 Å². The highest BCUT2D eigenvalue weighted by atomic mass is 79.9. The van der Waals surface area contributed by atoms with Crippen LogP contribution in [0.3, 0.4) is 0 Å². The quantitative estimate of drug-likeness (QED) is 0.916. The molecular formula is C11H14BrFO2. The summed E-state index contributed by atoms with van der Waals surface area (Å²) in [4.78, 5) is 0. The third-order valence-electron chi connectivity index (χ3n) is 1.82. The predicted octanol–water partition coefficient (Wildman–Crippen LogP) is 3.13. The molecule has 0 radical (unpaired) electrons. The van der Waals surface area contributed by atoms with Crippen LogP contribution in [-0.4, -0.2) is 17.3 Å². The van der Waals surface area contributed by atoms with E-state index in [0.717, 1.165) is 0 Å². The standard InChI is InChI=1S/C11H14BrFO2/c1-11(2,14)3-4-15-10-6-8(12)5-9(13)7-10/h5-7,14H,3-4H2,1-2H3. The van der Waals surface area contributed by atoms with Crippen LogP contribution in [-0.2, 0) is 0 Å². The molecule has 2 nitrogen and oxygen atoms in total. The minimum absolute atomic E-state index is 0.345. The van der Waals surface area contributed by atoms with Crippen molar-refractivity contribution in [1.29, 1.82) is 0 Å². The Bertz CT molecular complexity index is 314. The van der Waals surface area contributed by atoms with Gasteiger partial charge in [-0.25, -0.2) is 4.39 Å². The van der Waals surface area contributed by atoms with Crippen LogP contribution in [0.2, 0.25) is 0 Å². The van der Waals surface area contributed by atoms with E-state index < -0.39 is 5.60 Å². The first-order valence-electron chi connectivity index (χ1n) is 4.68. The molecule has 1 rings (SSSR count). The van der Waals surface area contributed by atoms with Gasteiger partial charge >= 0.3 is 0 Å². The van der Waals surface area contributed by atoms with Crippen LogP contribution in [0.15, 0.2) is 22.7 Å². The van der Waals surface area contributed by atoms with E-state index >= 15 is 0 Å². The Balaban J connectivity index is 2.51. The fraction of sp³-hybridized carbons (Fsp3) is 0.455. The predicted molar refractivity (Wildman–Crippen MR) is 60.5 cm³/mol. The summed E-state index contributed by atoms with van der Waals surface area (Å²) in [5.41, 5.74) is -0.759. The number of halogens is 2. The van der Waals surface area contributed by atoms with E-state index in [2.05, 4.69) is 15.9 Å². The maximum atomic E-state index is 12.9. The Morgan fingerprint density at radius 3 is 2.60 bits per heavy atom. The smallest absolute Gasteiger partial charge is 0.128 e. The van der Waals surface area contributed by atoms with E-state index in [1.807, 2.05) is 0 Å². The number of rotatable bonds is 4. The van der Waals surface area contributed by atoms with Gasteiger partial charge < -0.3 is 9.84 Å². The fourth-order valence-corrected chi connectivity index (χ4v) is 1.47. The Hall–Kier alpha value is -0.610.